The average Bonchev–Trinajstić information content (AvgIpc) is 3.39. The molecule has 9 heteroatoms. The van der Waals surface area contributed by atoms with E-state index in [1.807, 2.05) is 44.2 Å². The molecule has 3 heterocycles. The van der Waals surface area contributed by atoms with Crippen molar-refractivity contribution in [1.82, 2.24) is 19.5 Å². The third-order valence-corrected chi connectivity index (χ3v) is 9.31. The van der Waals surface area contributed by atoms with E-state index in [9.17, 15) is 8.42 Å². The van der Waals surface area contributed by atoms with Crippen LogP contribution < -0.4 is 5.73 Å². The topological polar surface area (TPSA) is 113 Å². The van der Waals surface area contributed by atoms with Crippen molar-refractivity contribution in [2.24, 2.45) is 5.92 Å². The Morgan fingerprint density at radius 2 is 1.84 bits per heavy atom. The van der Waals surface area contributed by atoms with E-state index in [2.05, 4.69) is 63.7 Å². The van der Waals surface area contributed by atoms with Gasteiger partial charge in [-0.25, -0.2) is 15.0 Å². The zero-order valence-corrected chi connectivity index (χ0v) is 25.0. The second kappa shape index (κ2) is 11.6. The summed E-state index contributed by atoms with van der Waals surface area (Å²) >= 11 is 0. The van der Waals surface area contributed by atoms with Crippen molar-refractivity contribution >= 4 is 37.9 Å². The van der Waals surface area contributed by atoms with Crippen molar-refractivity contribution in [2.45, 2.75) is 32.7 Å². The summed E-state index contributed by atoms with van der Waals surface area (Å²) in [6, 6.07) is 20.6. The number of nitrogens with two attached hydrogens (primary N) is 1. The van der Waals surface area contributed by atoms with Crippen LogP contribution in [-0.2, 0) is 14.3 Å². The maximum absolute atomic E-state index is 12.6. The van der Waals surface area contributed by atoms with Crippen molar-refractivity contribution < 1.29 is 12.6 Å². The lowest BCUT2D eigenvalue weighted by atomic mass is 9.81. The monoisotopic (exact) mass is 591 g/mol. The Labute approximate surface area is 251 Å². The molecule has 6 rings (SSSR count). The number of anilines is 1. The van der Waals surface area contributed by atoms with Crippen molar-refractivity contribution in [2.75, 3.05) is 12.3 Å². The standard InChI is InChI=1S/C34H33N5O3S/c1-4-22(2)10-11-23(3)43(40,41)42-20-24-16-28(17-24)39-19-29(32-33(35)36-21-37-34(32)39)27-13-12-26-14-15-30(38-31(26)18-27)25-8-6-5-7-9-25/h4-15,18-19,21,24,28H,3,16-17,20H2,1-2H3,(H2,35,36,37)/b11-10-,22-4-. The first kappa shape index (κ1) is 28.5. The largest absolute Gasteiger partial charge is 0.383 e. The SMILES string of the molecule is C=C(/C=C\C(C)=C/C)S(=O)(=O)OCC1CC(n2cc(-c3ccc4ccc(-c5ccccc5)nc4c3)c3c(N)ncnc32)C1. The number of rotatable bonds is 9. The van der Waals surface area contributed by atoms with Gasteiger partial charge in [-0.15, -0.1) is 0 Å². The maximum atomic E-state index is 12.6. The summed E-state index contributed by atoms with van der Waals surface area (Å²) in [5.41, 5.74) is 12.9. The molecule has 3 aromatic heterocycles. The van der Waals surface area contributed by atoms with Crippen LogP contribution in [0.4, 0.5) is 5.82 Å². The molecule has 43 heavy (non-hydrogen) atoms. The molecule has 1 saturated carbocycles. The van der Waals surface area contributed by atoms with Gasteiger partial charge in [-0.3, -0.25) is 4.18 Å². The van der Waals surface area contributed by atoms with E-state index < -0.39 is 10.1 Å². The Balaban J connectivity index is 1.23. The van der Waals surface area contributed by atoms with Gasteiger partial charge in [0.05, 0.1) is 28.1 Å². The summed E-state index contributed by atoms with van der Waals surface area (Å²) in [5, 5.41) is 1.84. The Morgan fingerprint density at radius 3 is 2.60 bits per heavy atom. The van der Waals surface area contributed by atoms with Crippen molar-refractivity contribution in [3.05, 3.63) is 108 Å². The van der Waals surface area contributed by atoms with Crippen molar-refractivity contribution in [3.8, 4) is 22.4 Å². The Morgan fingerprint density at radius 1 is 1.07 bits per heavy atom. The molecule has 0 spiro atoms. The van der Waals surface area contributed by atoms with Crippen LogP contribution in [0.3, 0.4) is 0 Å². The molecule has 1 fully saturated rings. The normalized spacial score (nSPS) is 17.5. The number of fused-ring (bicyclic) bond motifs is 2. The highest BCUT2D eigenvalue weighted by Gasteiger charge is 2.34. The Kier molecular flexibility index (Phi) is 7.68. The molecule has 1 aliphatic rings. The molecule has 0 radical (unpaired) electrons. The lowest BCUT2D eigenvalue weighted by Gasteiger charge is -2.36. The fourth-order valence-corrected chi connectivity index (χ4v) is 6.15. The van der Waals surface area contributed by atoms with E-state index in [1.165, 1.54) is 12.4 Å². The number of hydrogen-bond acceptors (Lipinski definition) is 7. The molecule has 2 aromatic carbocycles. The van der Waals surface area contributed by atoms with E-state index in [1.54, 1.807) is 6.08 Å². The number of allylic oxidation sites excluding steroid dienone is 4. The zero-order valence-electron chi connectivity index (χ0n) is 24.1. The van der Waals surface area contributed by atoms with E-state index >= 15 is 0 Å². The van der Waals surface area contributed by atoms with Gasteiger partial charge in [0.2, 0.25) is 0 Å². The molecular formula is C34H33N5O3S. The first-order valence-corrected chi connectivity index (χ1v) is 15.6. The summed E-state index contributed by atoms with van der Waals surface area (Å²) in [7, 11) is -3.89. The number of nitrogens with zero attached hydrogens (tertiary/aromatic N) is 4. The molecule has 218 valence electrons. The molecule has 0 unspecified atom stereocenters. The van der Waals surface area contributed by atoms with E-state index in [0.717, 1.165) is 62.7 Å². The minimum absolute atomic E-state index is 0.0569. The van der Waals surface area contributed by atoms with Crippen LogP contribution in [0.1, 0.15) is 32.7 Å². The smallest absolute Gasteiger partial charge is 0.296 e. The van der Waals surface area contributed by atoms with Crippen LogP contribution >= 0.6 is 0 Å². The number of benzene rings is 2. The molecule has 0 bridgehead atoms. The van der Waals surface area contributed by atoms with Gasteiger partial charge in [0.1, 0.15) is 17.8 Å². The van der Waals surface area contributed by atoms with Crippen LogP contribution in [0.2, 0.25) is 0 Å². The number of nitrogen functional groups attached to an aromatic ring is 1. The maximum Gasteiger partial charge on any atom is 0.296 e. The molecule has 8 nitrogen and oxygen atoms in total. The zero-order chi connectivity index (χ0) is 30.1. The van der Waals surface area contributed by atoms with Gasteiger partial charge in [-0.2, -0.15) is 8.42 Å². The van der Waals surface area contributed by atoms with Crippen LogP contribution in [0, 0.1) is 5.92 Å². The number of hydrogen-bond donors (Lipinski definition) is 1. The summed E-state index contributed by atoms with van der Waals surface area (Å²) < 4.78 is 32.6. The fraction of sp³-hybridized carbons (Fsp3) is 0.206. The van der Waals surface area contributed by atoms with E-state index in [4.69, 9.17) is 14.9 Å². The van der Waals surface area contributed by atoms with Crippen LogP contribution in [0.5, 0.6) is 0 Å². The highest BCUT2D eigenvalue weighted by molar-refractivity contribution is 7.90. The molecule has 0 amide bonds. The van der Waals surface area contributed by atoms with Gasteiger partial charge in [0.25, 0.3) is 10.1 Å². The van der Waals surface area contributed by atoms with Crippen LogP contribution in [-0.4, -0.2) is 34.5 Å². The molecular weight excluding hydrogens is 558 g/mol. The molecule has 1 aliphatic carbocycles. The Hall–Kier alpha value is -4.60. The second-order valence-corrected chi connectivity index (χ2v) is 12.6. The summed E-state index contributed by atoms with van der Waals surface area (Å²) in [5.74, 6) is 0.505. The van der Waals surface area contributed by atoms with Crippen LogP contribution in [0.15, 0.2) is 108 Å². The second-order valence-electron chi connectivity index (χ2n) is 10.9. The molecule has 2 N–H and O–H groups in total. The summed E-state index contributed by atoms with van der Waals surface area (Å²) in [6.07, 6.45) is 10.1. The van der Waals surface area contributed by atoms with Crippen molar-refractivity contribution in [1.29, 1.82) is 0 Å². The molecule has 5 aromatic rings. The predicted octanol–water partition coefficient (Wildman–Crippen LogP) is 7.23. The van der Waals surface area contributed by atoms with Gasteiger partial charge in [-0.05, 0) is 56.4 Å². The van der Waals surface area contributed by atoms with E-state index in [0.29, 0.717) is 5.82 Å². The minimum atomic E-state index is -3.89. The highest BCUT2D eigenvalue weighted by atomic mass is 32.2. The Bertz CT molecular complexity index is 2010. The first-order chi connectivity index (χ1) is 20.7. The lowest BCUT2D eigenvalue weighted by molar-refractivity contribution is 0.131. The first-order valence-electron chi connectivity index (χ1n) is 14.2. The number of aromatic nitrogens is 4. The molecule has 0 atom stereocenters. The van der Waals surface area contributed by atoms with Gasteiger partial charge in [0, 0.05) is 28.8 Å². The third-order valence-electron chi connectivity index (χ3n) is 8.08. The minimum Gasteiger partial charge on any atom is -0.383 e. The van der Waals surface area contributed by atoms with Gasteiger partial charge in [0.15, 0.2) is 0 Å². The van der Waals surface area contributed by atoms with Crippen molar-refractivity contribution in [3.63, 3.8) is 0 Å². The quantitative estimate of drug-likeness (QED) is 0.142. The average molecular weight is 592 g/mol. The predicted molar refractivity (Wildman–Crippen MR) is 172 cm³/mol. The van der Waals surface area contributed by atoms with Gasteiger partial charge in [-0.1, -0.05) is 72.8 Å². The lowest BCUT2D eigenvalue weighted by Crippen LogP contribution is -2.30. The third kappa shape index (κ3) is 5.74. The number of pyridine rings is 1. The van der Waals surface area contributed by atoms with Gasteiger partial charge < -0.3 is 10.3 Å². The summed E-state index contributed by atoms with van der Waals surface area (Å²) in [4.78, 5) is 13.8. The van der Waals surface area contributed by atoms with Crippen LogP contribution in [0.25, 0.3) is 44.3 Å². The van der Waals surface area contributed by atoms with Gasteiger partial charge >= 0.3 is 0 Å². The van der Waals surface area contributed by atoms with E-state index in [-0.39, 0.29) is 23.5 Å². The highest BCUT2D eigenvalue weighted by Crippen LogP contribution is 2.43. The fourth-order valence-electron chi connectivity index (χ4n) is 5.39. The summed E-state index contributed by atoms with van der Waals surface area (Å²) in [6.45, 7) is 7.55. The molecule has 0 saturated heterocycles. The molecule has 0 aliphatic heterocycles.